The minimum Gasteiger partial charge on any atom is -0.385 e. The van der Waals surface area contributed by atoms with Crippen LogP contribution >= 0.6 is 67.2 Å². The van der Waals surface area contributed by atoms with E-state index in [-0.39, 0.29) is 5.25 Å². The second-order valence-corrected chi connectivity index (χ2v) is 11.5. The molecule has 0 amide bonds. The lowest BCUT2D eigenvalue weighted by Gasteiger charge is -2.30. The van der Waals surface area contributed by atoms with Gasteiger partial charge in [0.05, 0.1) is 10.6 Å². The first-order chi connectivity index (χ1) is 14.0. The maximum Gasteiger partial charge on any atom is 0.199 e. The fraction of sp³-hybridized carbons (Fsp3) is 0.143. The summed E-state index contributed by atoms with van der Waals surface area (Å²) in [5.74, 6) is 0.619. The van der Waals surface area contributed by atoms with Crippen LogP contribution in [0.4, 0.5) is 5.82 Å². The predicted molar refractivity (Wildman–Crippen MR) is 133 cm³/mol. The highest BCUT2D eigenvalue weighted by atomic mass is 79.9. The van der Waals surface area contributed by atoms with Crippen LogP contribution in [0.2, 0.25) is 0 Å². The number of rotatable bonds is 2. The Morgan fingerprint density at radius 1 is 1.00 bits per heavy atom. The number of nitrogens with two attached hydrogens (primary N) is 1. The molecule has 2 aromatic heterocycles. The summed E-state index contributed by atoms with van der Waals surface area (Å²) in [5, 5.41) is 1.60. The van der Waals surface area contributed by atoms with Crippen molar-refractivity contribution in [1.29, 1.82) is 0 Å². The number of hydrogen-bond donors (Lipinski definition) is 2. The van der Waals surface area contributed by atoms with Crippen LogP contribution < -0.4 is 5.73 Å². The van der Waals surface area contributed by atoms with Gasteiger partial charge in [-0.25, -0.2) is 4.98 Å². The van der Waals surface area contributed by atoms with Crippen LogP contribution in [0.15, 0.2) is 57.5 Å². The fourth-order valence-electron chi connectivity index (χ4n) is 3.74. The first kappa shape index (κ1) is 19.8. The molecule has 0 saturated heterocycles. The molecular weight excluding hydrogens is 550 g/mol. The first-order valence-corrected chi connectivity index (χ1v) is 12.7. The van der Waals surface area contributed by atoms with Crippen LogP contribution in [0, 0.1) is 4.77 Å². The molecule has 1 aliphatic heterocycles. The van der Waals surface area contributed by atoms with Gasteiger partial charge in [-0.05, 0) is 59.6 Å². The van der Waals surface area contributed by atoms with E-state index in [2.05, 4.69) is 90.4 Å². The number of thioether (sulfide) groups is 1. The van der Waals surface area contributed by atoms with Gasteiger partial charge in [-0.1, -0.05) is 56.1 Å². The molecule has 3 heterocycles. The minimum atomic E-state index is 0.229. The number of anilines is 1. The van der Waals surface area contributed by atoms with E-state index in [9.17, 15) is 0 Å². The summed E-state index contributed by atoms with van der Waals surface area (Å²) >= 11 is 16.1. The Morgan fingerprint density at radius 2 is 1.62 bits per heavy atom. The number of nitrogens with zero attached hydrogens (tertiary/aromatic N) is 1. The quantitative estimate of drug-likeness (QED) is 0.246. The van der Waals surface area contributed by atoms with Crippen LogP contribution in [0.3, 0.4) is 0 Å². The second-order valence-electron chi connectivity index (χ2n) is 6.89. The molecule has 8 heteroatoms. The van der Waals surface area contributed by atoms with Crippen LogP contribution in [0.25, 0.3) is 10.2 Å². The van der Waals surface area contributed by atoms with Crippen molar-refractivity contribution >= 4 is 83.2 Å². The number of hydrogen-bond acceptors (Lipinski definition) is 5. The molecule has 2 atom stereocenters. The predicted octanol–water partition coefficient (Wildman–Crippen LogP) is 7.58. The van der Waals surface area contributed by atoms with Crippen molar-refractivity contribution in [2.45, 2.75) is 16.9 Å². The first-order valence-electron chi connectivity index (χ1n) is 8.97. The summed E-state index contributed by atoms with van der Waals surface area (Å²) < 4.78 is 2.61. The molecule has 2 aromatic carbocycles. The number of halogens is 2. The molecule has 5 rings (SSSR count). The van der Waals surface area contributed by atoms with Crippen LogP contribution in [-0.2, 0) is 6.42 Å². The maximum absolute atomic E-state index is 6.36. The zero-order valence-electron chi connectivity index (χ0n) is 15.0. The number of aromatic nitrogens is 2. The van der Waals surface area contributed by atoms with Gasteiger partial charge in [-0.15, -0.1) is 23.1 Å². The zero-order valence-corrected chi connectivity index (χ0v) is 20.6. The largest absolute Gasteiger partial charge is 0.385 e. The Balaban J connectivity index is 1.70. The lowest BCUT2D eigenvalue weighted by atomic mass is 9.98. The molecule has 3 nitrogen and oxygen atoms in total. The van der Waals surface area contributed by atoms with E-state index in [1.54, 1.807) is 11.3 Å². The second kappa shape index (κ2) is 7.81. The van der Waals surface area contributed by atoms with Gasteiger partial charge < -0.3 is 10.7 Å². The third-order valence-corrected chi connectivity index (χ3v) is 9.21. The molecule has 0 spiro atoms. The summed E-state index contributed by atoms with van der Waals surface area (Å²) in [6, 6.07) is 17.2. The van der Waals surface area contributed by atoms with Gasteiger partial charge >= 0.3 is 0 Å². The van der Waals surface area contributed by atoms with Gasteiger partial charge in [-0.3, -0.25) is 0 Å². The van der Waals surface area contributed by atoms with E-state index in [1.165, 1.54) is 21.6 Å². The van der Waals surface area contributed by atoms with Gasteiger partial charge in [0.1, 0.15) is 10.6 Å². The van der Waals surface area contributed by atoms with Crippen LogP contribution in [0.5, 0.6) is 0 Å². The fourth-order valence-corrected chi connectivity index (χ4v) is 7.56. The lowest BCUT2D eigenvalue weighted by molar-refractivity contribution is 0.894. The van der Waals surface area contributed by atoms with Gasteiger partial charge in [0.15, 0.2) is 4.77 Å². The average Bonchev–Trinajstić information content (AvgIpc) is 3.07. The van der Waals surface area contributed by atoms with Crippen LogP contribution in [-0.4, -0.2) is 9.97 Å². The molecule has 1 aliphatic rings. The molecule has 146 valence electrons. The molecule has 0 aliphatic carbocycles. The summed E-state index contributed by atoms with van der Waals surface area (Å²) in [4.78, 5) is 9.86. The summed E-state index contributed by atoms with van der Waals surface area (Å²) in [5.41, 5.74) is 10.3. The number of aromatic amines is 1. The maximum atomic E-state index is 6.36. The monoisotopic (exact) mass is 563 g/mol. The Morgan fingerprint density at radius 3 is 2.28 bits per heavy atom. The Kier molecular flexibility index (Phi) is 5.32. The molecule has 0 saturated carbocycles. The van der Waals surface area contributed by atoms with Crippen molar-refractivity contribution in [3.8, 4) is 0 Å². The van der Waals surface area contributed by atoms with E-state index in [0.717, 1.165) is 25.6 Å². The van der Waals surface area contributed by atoms with E-state index in [4.69, 9.17) is 18.0 Å². The molecule has 0 unspecified atom stereocenters. The normalized spacial score (nSPS) is 18.7. The van der Waals surface area contributed by atoms with Gasteiger partial charge in [-0.2, -0.15) is 0 Å². The van der Waals surface area contributed by atoms with E-state index >= 15 is 0 Å². The van der Waals surface area contributed by atoms with Gasteiger partial charge in [0.25, 0.3) is 0 Å². The molecule has 0 bridgehead atoms. The Labute approximate surface area is 198 Å². The standard InChI is InChI=1S/C21H15Br2N3S3/c22-12-5-1-10(2-6-12)15-9-14-16-19(24)25-21(27)26-20(16)29-18(14)17(28-15)11-3-7-13(23)8-4-11/h1-8,15,17H,9H2,(H3,24,25,26,27)/t15-,17+/m1/s1. The van der Waals surface area contributed by atoms with Gasteiger partial charge in [0.2, 0.25) is 0 Å². The van der Waals surface area contributed by atoms with Crippen molar-refractivity contribution in [3.05, 3.63) is 83.8 Å². The summed E-state index contributed by atoms with van der Waals surface area (Å²) in [6.07, 6.45) is 0.922. The number of fused-ring (bicyclic) bond motifs is 3. The highest BCUT2D eigenvalue weighted by Gasteiger charge is 2.34. The number of nitrogens with one attached hydrogen (secondary N) is 1. The molecule has 3 N–H and O–H groups in total. The topological polar surface area (TPSA) is 54.7 Å². The molecular formula is C21H15Br2N3S3. The summed E-state index contributed by atoms with van der Waals surface area (Å²) in [7, 11) is 0. The Bertz CT molecular complexity index is 1260. The highest BCUT2D eigenvalue weighted by molar-refractivity contribution is 9.10. The molecule has 29 heavy (non-hydrogen) atoms. The van der Waals surface area contributed by atoms with Crippen molar-refractivity contribution < 1.29 is 0 Å². The van der Waals surface area contributed by atoms with Crippen LogP contribution in [0.1, 0.15) is 32.1 Å². The number of nitrogen functional groups attached to an aromatic ring is 1. The third kappa shape index (κ3) is 3.70. The summed E-state index contributed by atoms with van der Waals surface area (Å²) in [6.45, 7) is 0. The number of H-pyrrole nitrogens is 1. The number of benzene rings is 2. The minimum absolute atomic E-state index is 0.229. The van der Waals surface area contributed by atoms with Crippen molar-refractivity contribution in [1.82, 2.24) is 9.97 Å². The molecule has 0 radical (unpaired) electrons. The molecule has 4 aromatic rings. The average molecular weight is 565 g/mol. The van der Waals surface area contributed by atoms with E-state index in [0.29, 0.717) is 15.8 Å². The van der Waals surface area contributed by atoms with Crippen molar-refractivity contribution in [3.63, 3.8) is 0 Å². The third-order valence-electron chi connectivity index (χ3n) is 5.08. The zero-order chi connectivity index (χ0) is 20.1. The van der Waals surface area contributed by atoms with Crippen molar-refractivity contribution in [2.75, 3.05) is 5.73 Å². The van der Waals surface area contributed by atoms with E-state index < -0.39 is 0 Å². The van der Waals surface area contributed by atoms with E-state index in [1.807, 2.05) is 11.8 Å². The Hall–Kier alpha value is -1.19. The van der Waals surface area contributed by atoms with Crippen molar-refractivity contribution in [2.24, 2.45) is 0 Å². The lowest BCUT2D eigenvalue weighted by Crippen LogP contribution is -2.12. The molecule has 0 fully saturated rings. The highest BCUT2D eigenvalue weighted by Crippen LogP contribution is 2.55. The number of thiophene rings is 1. The SMILES string of the molecule is Nc1[nH]c(=S)nc2sc3c(c12)C[C@H](c1ccc(Br)cc1)S[C@H]3c1ccc(Br)cc1. The van der Waals surface area contributed by atoms with Gasteiger partial charge in [0, 0.05) is 19.1 Å². The smallest absolute Gasteiger partial charge is 0.199 e.